The Morgan fingerprint density at radius 2 is 1.20 bits per heavy atom. The number of ether oxygens (including phenoxy) is 5. The molecule has 4 fully saturated rings. The second kappa shape index (κ2) is 25.7. The molecule has 3 aliphatic heterocycles. The molecule has 15 atom stereocenters. The molecule has 0 bridgehead atoms. The van der Waals surface area contributed by atoms with Crippen LogP contribution in [0.4, 0.5) is 0 Å². The van der Waals surface area contributed by atoms with Crippen LogP contribution in [0.15, 0.2) is 0 Å². The Balaban J connectivity index is 1.14. The van der Waals surface area contributed by atoms with E-state index in [0.717, 1.165) is 51.4 Å². The molecule has 4 rings (SSSR count). The first-order valence-corrected chi connectivity index (χ1v) is 21.4. The highest BCUT2D eigenvalue weighted by molar-refractivity contribution is 6.01. The van der Waals surface area contributed by atoms with Crippen LogP contribution in [0.3, 0.4) is 0 Å². The topological polar surface area (TPSA) is 341 Å². The van der Waals surface area contributed by atoms with Crippen molar-refractivity contribution in [1.82, 2.24) is 10.4 Å². The molecule has 0 aromatic carbocycles. The molecule has 1 saturated carbocycles. The van der Waals surface area contributed by atoms with Gasteiger partial charge in [-0.2, -0.15) is 0 Å². The number of imide groups is 1. The summed E-state index contributed by atoms with van der Waals surface area (Å²) in [5.41, 5.74) is 0. The fraction of sp³-hybridized carbons (Fsp3) is 0.897. The lowest BCUT2D eigenvalue weighted by molar-refractivity contribution is -0.361. The number of nitrogens with zero attached hydrogens (tertiary/aromatic N) is 1. The largest absolute Gasteiger partial charge is 0.396 e. The highest BCUT2D eigenvalue weighted by atomic mass is 16.7. The van der Waals surface area contributed by atoms with Crippen LogP contribution in [0.2, 0.25) is 0 Å². The minimum Gasteiger partial charge on any atom is -0.396 e. The van der Waals surface area contributed by atoms with Crippen molar-refractivity contribution in [1.29, 1.82) is 0 Å². The number of rotatable bonds is 25. The van der Waals surface area contributed by atoms with Gasteiger partial charge in [-0.05, 0) is 19.3 Å². The number of nitrogens with one attached hydrogen (secondary N) is 1. The molecule has 3 heterocycles. The van der Waals surface area contributed by atoms with Crippen LogP contribution >= 0.6 is 0 Å². The average Bonchev–Trinajstić information content (AvgIpc) is 3.56. The third-order valence-electron chi connectivity index (χ3n) is 11.5. The number of unbranched alkanes of at least 4 members (excludes halogenated alkanes) is 9. The number of aliphatic hydroxyl groups is 10. The van der Waals surface area contributed by atoms with Crippen molar-refractivity contribution in [2.45, 2.75) is 182 Å². The predicted molar refractivity (Wildman–Crippen MR) is 204 cm³/mol. The lowest BCUT2D eigenvalue weighted by Gasteiger charge is -2.46. The van der Waals surface area contributed by atoms with E-state index in [-0.39, 0.29) is 51.2 Å². The van der Waals surface area contributed by atoms with Crippen LogP contribution < -0.4 is 5.32 Å². The first kappa shape index (κ1) is 51.1. The summed E-state index contributed by atoms with van der Waals surface area (Å²) in [6.07, 6.45) is -12.8. The molecule has 1 aliphatic carbocycles. The molecule has 0 spiro atoms. The monoisotopic (exact) mass is 882 g/mol. The predicted octanol–water partition coefficient (Wildman–Crippen LogP) is -3.48. The molecule has 0 aromatic heterocycles. The first-order chi connectivity index (χ1) is 29.2. The standard InChI is InChI=1S/C39H66N2O20/c42-18-21-17-22(30(49)33(52)29(21)48)57-20-24-32(51)37(60-39-35(54)34(53)31(50)23(19-43)58-39)36(55)38(59-24)56-16-15-40-25(44)11-9-7-5-3-1-2-4-6-8-10-12-28(47)61-41-26(45)13-14-27(41)46/h21-24,29-39,42-43,48-55H,1-20H2,(H,40,44)/t21-,22+,23-,24-,29-,30-,31-,32-,33+,34+,35+,36+,37+,38-,39-/m1/s1. The SMILES string of the molecule is O=C(CCCCCCCCCCCCC(=O)ON1C(=O)CCC1=O)NCCO[C@@H]1O[C@H](CO[C@H]2C[C@H](CO)[C@@H](O)[C@H](O)[C@@H]2O)[C@@H](O)[C@H](O[C@H]2O[C@H](CO)[C@@H](O)[C@H](O)[C@@H]2O)[C@@H]1O. The van der Waals surface area contributed by atoms with Crippen LogP contribution in [0.1, 0.15) is 96.3 Å². The number of aliphatic hydroxyl groups excluding tert-OH is 10. The van der Waals surface area contributed by atoms with E-state index in [0.29, 0.717) is 17.9 Å². The van der Waals surface area contributed by atoms with Gasteiger partial charge in [0.1, 0.15) is 61.0 Å². The maximum atomic E-state index is 12.5. The van der Waals surface area contributed by atoms with Crippen molar-refractivity contribution in [2.75, 3.05) is 33.0 Å². The van der Waals surface area contributed by atoms with Gasteiger partial charge in [-0.15, -0.1) is 5.06 Å². The second-order valence-corrected chi connectivity index (χ2v) is 16.1. The van der Waals surface area contributed by atoms with Crippen molar-refractivity contribution in [2.24, 2.45) is 5.92 Å². The normalized spacial score (nSPS) is 35.7. The fourth-order valence-electron chi connectivity index (χ4n) is 7.75. The van der Waals surface area contributed by atoms with Crippen molar-refractivity contribution in [3.63, 3.8) is 0 Å². The van der Waals surface area contributed by atoms with E-state index in [1.165, 1.54) is 0 Å². The van der Waals surface area contributed by atoms with Crippen molar-refractivity contribution in [3.05, 3.63) is 0 Å². The van der Waals surface area contributed by atoms with Gasteiger partial charge >= 0.3 is 5.97 Å². The quantitative estimate of drug-likeness (QED) is 0.0313. The first-order valence-electron chi connectivity index (χ1n) is 21.4. The second-order valence-electron chi connectivity index (χ2n) is 16.1. The summed E-state index contributed by atoms with van der Waals surface area (Å²) in [6.45, 7) is -1.91. The lowest BCUT2D eigenvalue weighted by atomic mass is 9.81. The summed E-state index contributed by atoms with van der Waals surface area (Å²) < 4.78 is 28.4. The highest BCUT2D eigenvalue weighted by Crippen LogP contribution is 2.32. The zero-order valence-electron chi connectivity index (χ0n) is 34.3. The Labute approximate surface area is 353 Å². The van der Waals surface area contributed by atoms with E-state index in [2.05, 4.69) is 5.32 Å². The molecular weight excluding hydrogens is 816 g/mol. The zero-order chi connectivity index (χ0) is 44.6. The van der Waals surface area contributed by atoms with E-state index in [1.807, 2.05) is 0 Å². The molecular formula is C39H66N2O20. The van der Waals surface area contributed by atoms with Crippen LogP contribution in [0.25, 0.3) is 0 Å². The van der Waals surface area contributed by atoms with Gasteiger partial charge in [-0.25, -0.2) is 4.79 Å². The maximum absolute atomic E-state index is 12.5. The van der Waals surface area contributed by atoms with Gasteiger partial charge in [0.25, 0.3) is 11.8 Å². The highest BCUT2D eigenvalue weighted by Gasteiger charge is 2.52. The number of hydrogen-bond donors (Lipinski definition) is 11. The van der Waals surface area contributed by atoms with Crippen LogP contribution in [0.5, 0.6) is 0 Å². The van der Waals surface area contributed by atoms with Gasteiger partial charge in [0.15, 0.2) is 12.6 Å². The molecule has 3 amide bonds. The number of carbonyl (C=O) groups is 4. The smallest absolute Gasteiger partial charge is 0.333 e. The Morgan fingerprint density at radius 3 is 1.80 bits per heavy atom. The van der Waals surface area contributed by atoms with Crippen LogP contribution in [-0.2, 0) is 47.7 Å². The van der Waals surface area contributed by atoms with Crippen molar-refractivity contribution in [3.8, 4) is 0 Å². The Kier molecular flexibility index (Phi) is 21.5. The van der Waals surface area contributed by atoms with Gasteiger partial charge in [0.05, 0.1) is 32.0 Å². The van der Waals surface area contributed by atoms with E-state index < -0.39 is 129 Å². The van der Waals surface area contributed by atoms with Crippen LogP contribution in [0, 0.1) is 5.92 Å². The molecule has 22 heteroatoms. The van der Waals surface area contributed by atoms with E-state index >= 15 is 0 Å². The molecule has 11 N–H and O–H groups in total. The summed E-state index contributed by atoms with van der Waals surface area (Å²) in [5, 5.41) is 107. The third kappa shape index (κ3) is 14.8. The van der Waals surface area contributed by atoms with Gasteiger partial charge in [-0.3, -0.25) is 14.4 Å². The summed E-state index contributed by atoms with van der Waals surface area (Å²) in [6, 6.07) is 0. The van der Waals surface area contributed by atoms with Gasteiger partial charge in [-0.1, -0.05) is 51.4 Å². The van der Waals surface area contributed by atoms with E-state index in [9.17, 15) is 70.2 Å². The molecule has 352 valence electrons. The Morgan fingerprint density at radius 1 is 0.623 bits per heavy atom. The maximum Gasteiger partial charge on any atom is 0.333 e. The average molecular weight is 883 g/mol. The van der Waals surface area contributed by atoms with Gasteiger partial charge < -0.3 is 84.9 Å². The summed E-state index contributed by atoms with van der Waals surface area (Å²) >= 11 is 0. The Hall–Kier alpha value is -2.52. The van der Waals surface area contributed by atoms with E-state index in [1.54, 1.807) is 0 Å². The fourth-order valence-corrected chi connectivity index (χ4v) is 7.75. The minimum absolute atomic E-state index is 0.0172. The van der Waals surface area contributed by atoms with Crippen molar-refractivity contribution >= 4 is 23.7 Å². The molecule has 0 aromatic rings. The molecule has 22 nitrogen and oxygen atoms in total. The molecule has 0 unspecified atom stereocenters. The summed E-state index contributed by atoms with van der Waals surface area (Å²) in [7, 11) is 0. The molecule has 3 saturated heterocycles. The Bertz CT molecular complexity index is 1340. The van der Waals surface area contributed by atoms with Crippen LogP contribution in [-0.4, -0.2) is 199 Å². The van der Waals surface area contributed by atoms with Gasteiger partial charge in [0.2, 0.25) is 5.91 Å². The van der Waals surface area contributed by atoms with Gasteiger partial charge in [0, 0.05) is 44.8 Å². The summed E-state index contributed by atoms with van der Waals surface area (Å²) in [4.78, 5) is 52.3. The number of amides is 3. The molecule has 61 heavy (non-hydrogen) atoms. The number of carbonyl (C=O) groups excluding carboxylic acids is 4. The van der Waals surface area contributed by atoms with E-state index in [4.69, 9.17) is 28.5 Å². The third-order valence-corrected chi connectivity index (χ3v) is 11.5. The lowest BCUT2D eigenvalue weighted by Crippen LogP contribution is -2.65. The molecule has 4 aliphatic rings. The number of hydrogen-bond acceptors (Lipinski definition) is 20. The summed E-state index contributed by atoms with van der Waals surface area (Å²) in [5.74, 6) is -2.61. The molecule has 0 radical (unpaired) electrons. The minimum atomic E-state index is -1.87. The zero-order valence-corrected chi connectivity index (χ0v) is 34.3. The number of hydroxylamine groups is 2. The van der Waals surface area contributed by atoms with Crippen molar-refractivity contribution < 1.29 is 98.8 Å².